The molecule has 0 bridgehead atoms. The number of hydrogen-bond donors (Lipinski definition) is 3. The highest BCUT2D eigenvalue weighted by Gasteiger charge is 2.35. The molecule has 1 saturated carbocycles. The number of halogens is 1. The zero-order chi connectivity index (χ0) is 19.0. The van der Waals surface area contributed by atoms with E-state index >= 15 is 0 Å². The minimum Gasteiger partial charge on any atom is -0.470 e. The third-order valence-electron chi connectivity index (χ3n) is 4.78. The second kappa shape index (κ2) is 6.86. The summed E-state index contributed by atoms with van der Waals surface area (Å²) in [5.41, 5.74) is 1.96. The van der Waals surface area contributed by atoms with E-state index in [4.69, 9.17) is 9.37 Å². The molecule has 2 aliphatic rings. The average molecular weight is 375 g/mol. The highest BCUT2D eigenvalue weighted by molar-refractivity contribution is 5.98. The highest BCUT2D eigenvalue weighted by atomic mass is 19.1. The third-order valence-corrected chi connectivity index (χ3v) is 4.78. The predicted octanol–water partition coefficient (Wildman–Crippen LogP) is 1.28. The molecule has 4 rings (SSSR count). The largest absolute Gasteiger partial charge is 0.470 e. The molecule has 1 aromatic carbocycles. The Morgan fingerprint density at radius 1 is 1.37 bits per heavy atom. The molecule has 2 aliphatic carbocycles. The number of rotatable bonds is 5. The van der Waals surface area contributed by atoms with Crippen molar-refractivity contribution in [2.45, 2.75) is 44.4 Å². The van der Waals surface area contributed by atoms with Crippen LogP contribution in [0.5, 0.6) is 5.88 Å². The Morgan fingerprint density at radius 3 is 2.93 bits per heavy atom. The summed E-state index contributed by atoms with van der Waals surface area (Å²) in [4.78, 5) is 11.0. The predicted molar refractivity (Wildman–Crippen MR) is 89.9 cm³/mol. The SMILES string of the molecule is CC(=O)N[C@H]1C[C@@H](Oc2nonc2/C(=N\O)N[C@H]2Cc3ccc(F)cc32)C1. The minimum atomic E-state index is -0.325. The fraction of sp³-hybridized carbons (Fsp3) is 0.412. The molecule has 27 heavy (non-hydrogen) atoms. The van der Waals surface area contributed by atoms with Gasteiger partial charge in [0.2, 0.25) is 17.4 Å². The van der Waals surface area contributed by atoms with Gasteiger partial charge in [-0.2, -0.15) is 0 Å². The Morgan fingerprint density at radius 2 is 2.19 bits per heavy atom. The number of carbonyl (C=O) groups is 1. The second-order valence-corrected chi connectivity index (χ2v) is 6.72. The fourth-order valence-corrected chi connectivity index (χ4v) is 3.34. The molecule has 1 aromatic heterocycles. The Balaban J connectivity index is 1.40. The molecule has 3 N–H and O–H groups in total. The summed E-state index contributed by atoms with van der Waals surface area (Å²) >= 11 is 0. The molecule has 1 fully saturated rings. The Labute approximate surface area is 153 Å². The van der Waals surface area contributed by atoms with Crippen LogP contribution in [-0.4, -0.2) is 39.4 Å². The second-order valence-electron chi connectivity index (χ2n) is 6.72. The van der Waals surface area contributed by atoms with Crippen LogP contribution in [0.4, 0.5) is 4.39 Å². The molecule has 0 saturated heterocycles. The topological polar surface area (TPSA) is 122 Å². The quantitative estimate of drug-likeness (QED) is 0.311. The lowest BCUT2D eigenvalue weighted by molar-refractivity contribution is -0.120. The van der Waals surface area contributed by atoms with E-state index in [1.54, 1.807) is 6.07 Å². The molecule has 1 heterocycles. The van der Waals surface area contributed by atoms with Crippen molar-refractivity contribution in [1.29, 1.82) is 0 Å². The molecular formula is C17H18FN5O4. The van der Waals surface area contributed by atoms with Crippen LogP contribution in [0.25, 0.3) is 0 Å². The van der Waals surface area contributed by atoms with Gasteiger partial charge in [-0.25, -0.2) is 9.02 Å². The van der Waals surface area contributed by atoms with Gasteiger partial charge in [0.15, 0.2) is 0 Å². The van der Waals surface area contributed by atoms with Crippen LogP contribution in [0.3, 0.4) is 0 Å². The summed E-state index contributed by atoms with van der Waals surface area (Å²) < 4.78 is 23.9. The van der Waals surface area contributed by atoms with Crippen LogP contribution in [0.15, 0.2) is 28.0 Å². The number of oxime groups is 1. The van der Waals surface area contributed by atoms with Crippen LogP contribution in [0.1, 0.15) is 42.6 Å². The molecule has 1 amide bonds. The first-order chi connectivity index (χ1) is 13.0. The zero-order valence-electron chi connectivity index (χ0n) is 14.5. The first kappa shape index (κ1) is 17.3. The monoisotopic (exact) mass is 375 g/mol. The van der Waals surface area contributed by atoms with E-state index in [9.17, 15) is 14.4 Å². The van der Waals surface area contributed by atoms with Gasteiger partial charge >= 0.3 is 0 Å². The van der Waals surface area contributed by atoms with Crippen molar-refractivity contribution in [3.63, 3.8) is 0 Å². The number of carbonyl (C=O) groups excluding carboxylic acids is 1. The Kier molecular flexibility index (Phi) is 4.38. The zero-order valence-corrected chi connectivity index (χ0v) is 14.5. The van der Waals surface area contributed by atoms with Crippen molar-refractivity contribution >= 4 is 11.7 Å². The summed E-state index contributed by atoms with van der Waals surface area (Å²) in [6.45, 7) is 1.47. The number of fused-ring (bicyclic) bond motifs is 1. The van der Waals surface area contributed by atoms with Crippen LogP contribution in [-0.2, 0) is 11.2 Å². The van der Waals surface area contributed by atoms with Gasteiger partial charge in [-0.1, -0.05) is 11.2 Å². The normalized spacial score (nSPS) is 23.6. The van der Waals surface area contributed by atoms with E-state index in [1.165, 1.54) is 19.1 Å². The molecule has 9 nitrogen and oxygen atoms in total. The first-order valence-electron chi connectivity index (χ1n) is 8.57. The fourth-order valence-electron chi connectivity index (χ4n) is 3.34. The van der Waals surface area contributed by atoms with Gasteiger partial charge in [-0.05, 0) is 40.0 Å². The molecule has 2 aromatic rings. The highest BCUT2D eigenvalue weighted by Crippen LogP contribution is 2.34. The molecule has 10 heteroatoms. The molecule has 0 radical (unpaired) electrons. The molecule has 0 unspecified atom stereocenters. The minimum absolute atomic E-state index is 0.0314. The van der Waals surface area contributed by atoms with Crippen molar-refractivity contribution in [3.8, 4) is 5.88 Å². The molecule has 0 aliphatic heterocycles. The molecular weight excluding hydrogens is 357 g/mol. The molecule has 142 valence electrons. The van der Waals surface area contributed by atoms with Gasteiger partial charge in [0.1, 0.15) is 11.9 Å². The van der Waals surface area contributed by atoms with Crippen molar-refractivity contribution in [2.75, 3.05) is 0 Å². The maximum Gasteiger partial charge on any atom is 0.287 e. The van der Waals surface area contributed by atoms with Gasteiger partial charge < -0.3 is 20.6 Å². The van der Waals surface area contributed by atoms with E-state index in [-0.39, 0.29) is 47.3 Å². The lowest BCUT2D eigenvalue weighted by atomic mass is 9.83. The van der Waals surface area contributed by atoms with Crippen molar-refractivity contribution in [1.82, 2.24) is 20.9 Å². The van der Waals surface area contributed by atoms with Crippen LogP contribution >= 0.6 is 0 Å². The number of amides is 1. The summed E-state index contributed by atoms with van der Waals surface area (Å²) in [7, 11) is 0. The molecule has 0 spiro atoms. The first-order valence-corrected chi connectivity index (χ1v) is 8.57. The Hall–Kier alpha value is -3.17. The number of nitrogens with one attached hydrogen (secondary N) is 2. The van der Waals surface area contributed by atoms with Gasteiger partial charge in [0.05, 0.1) is 6.04 Å². The van der Waals surface area contributed by atoms with Crippen LogP contribution < -0.4 is 15.4 Å². The lowest BCUT2D eigenvalue weighted by Crippen LogP contribution is -2.48. The van der Waals surface area contributed by atoms with Crippen molar-refractivity contribution < 1.29 is 23.8 Å². The summed E-state index contributed by atoms with van der Waals surface area (Å²) in [5, 5.41) is 25.9. The number of ether oxygens (including phenoxy) is 1. The number of amidine groups is 1. The number of nitrogens with zero attached hydrogens (tertiary/aromatic N) is 3. The van der Waals surface area contributed by atoms with E-state index in [0.29, 0.717) is 19.3 Å². The summed E-state index contributed by atoms with van der Waals surface area (Å²) in [6.07, 6.45) is 1.79. The Bertz CT molecular complexity index is 893. The number of aromatic nitrogens is 2. The van der Waals surface area contributed by atoms with Crippen LogP contribution in [0.2, 0.25) is 0 Å². The van der Waals surface area contributed by atoms with Gasteiger partial charge in [-0.15, -0.1) is 0 Å². The standard InChI is InChI=1S/C17H18FN5O4/c1-8(24)19-11-6-12(7-11)26-17-15(22-27-23-17)16(21-25)20-14-4-9-2-3-10(18)5-13(9)14/h2-3,5,11-12,14,25H,4,6-7H2,1H3,(H,19,24)(H,20,21)/t11-,12+,14-/m0/s1. The van der Waals surface area contributed by atoms with E-state index in [2.05, 4.69) is 26.1 Å². The third kappa shape index (κ3) is 3.42. The van der Waals surface area contributed by atoms with E-state index in [0.717, 1.165) is 11.1 Å². The summed E-state index contributed by atoms with van der Waals surface area (Å²) in [6, 6.07) is 4.45. The van der Waals surface area contributed by atoms with Crippen LogP contribution in [0, 0.1) is 5.82 Å². The lowest BCUT2D eigenvalue weighted by Gasteiger charge is -2.35. The van der Waals surface area contributed by atoms with Crippen molar-refractivity contribution in [3.05, 3.63) is 40.8 Å². The average Bonchev–Trinajstić information content (AvgIpc) is 3.04. The maximum absolute atomic E-state index is 13.4. The summed E-state index contributed by atoms with van der Waals surface area (Å²) in [5.74, 6) is -0.281. The van der Waals surface area contributed by atoms with Gasteiger partial charge in [-0.3, -0.25) is 4.79 Å². The van der Waals surface area contributed by atoms with Crippen molar-refractivity contribution in [2.24, 2.45) is 5.16 Å². The molecule has 1 atom stereocenters. The number of benzene rings is 1. The van der Waals surface area contributed by atoms with E-state index < -0.39 is 0 Å². The van der Waals surface area contributed by atoms with E-state index in [1.807, 2.05) is 0 Å². The smallest absolute Gasteiger partial charge is 0.287 e. The maximum atomic E-state index is 13.4. The van der Waals surface area contributed by atoms with Gasteiger partial charge in [0.25, 0.3) is 5.88 Å². The van der Waals surface area contributed by atoms with Gasteiger partial charge in [0, 0.05) is 25.8 Å². The number of hydrogen-bond acceptors (Lipinski definition) is 7.